The van der Waals surface area contributed by atoms with Gasteiger partial charge in [-0.25, -0.2) is 0 Å². The van der Waals surface area contributed by atoms with Gasteiger partial charge in [0.25, 0.3) is 5.91 Å². The van der Waals surface area contributed by atoms with E-state index in [1.54, 1.807) is 25.1 Å². The van der Waals surface area contributed by atoms with Crippen LogP contribution in [0.2, 0.25) is 0 Å². The van der Waals surface area contributed by atoms with Gasteiger partial charge in [0.1, 0.15) is 5.75 Å². The molecular weight excluding hydrogens is 204 g/mol. The number of nitrogens with two attached hydrogens (primary N) is 1. The number of hydrogen-bond acceptors (Lipinski definition) is 3. The number of rotatable bonds is 3. The predicted octanol–water partition coefficient (Wildman–Crippen LogP) is 1.03. The van der Waals surface area contributed by atoms with Crippen molar-refractivity contribution in [3.63, 3.8) is 0 Å². The van der Waals surface area contributed by atoms with Gasteiger partial charge in [0.2, 0.25) is 0 Å². The maximum absolute atomic E-state index is 11.7. The number of benzene rings is 1. The highest BCUT2D eigenvalue weighted by Crippen LogP contribution is 2.19. The number of carbonyl (C=O) groups is 1. The monoisotopic (exact) mass is 218 g/mol. The lowest BCUT2D eigenvalue weighted by molar-refractivity contribution is 0.0959. The van der Waals surface area contributed by atoms with Gasteiger partial charge in [-0.2, -0.15) is 0 Å². The number of anilines is 1. The Bertz CT molecular complexity index is 444. The average Bonchev–Trinajstić information content (AvgIpc) is 2.30. The molecule has 84 valence electrons. The van der Waals surface area contributed by atoms with Gasteiger partial charge >= 0.3 is 0 Å². The largest absolute Gasteiger partial charge is 0.497 e. The van der Waals surface area contributed by atoms with Crippen LogP contribution in [0.4, 0.5) is 5.69 Å². The third-order valence-electron chi connectivity index (χ3n) is 2.02. The molecule has 1 amide bonds. The van der Waals surface area contributed by atoms with Gasteiger partial charge in [-0.15, -0.1) is 5.92 Å². The first kappa shape index (κ1) is 11.9. The van der Waals surface area contributed by atoms with E-state index in [0.717, 1.165) is 0 Å². The minimum absolute atomic E-state index is 0.251. The summed E-state index contributed by atoms with van der Waals surface area (Å²) in [6.45, 7) is 2.03. The van der Waals surface area contributed by atoms with E-state index < -0.39 is 0 Å². The van der Waals surface area contributed by atoms with Crippen molar-refractivity contribution in [3.8, 4) is 17.6 Å². The lowest BCUT2D eigenvalue weighted by Gasteiger charge is -2.07. The Balaban J connectivity index is 2.83. The lowest BCUT2D eigenvalue weighted by atomic mass is 10.1. The molecule has 1 rings (SSSR count). The first-order valence-corrected chi connectivity index (χ1v) is 4.80. The molecule has 0 radical (unpaired) electrons. The van der Waals surface area contributed by atoms with Crippen molar-refractivity contribution in [1.29, 1.82) is 0 Å². The number of methoxy groups -OCH3 is 1. The summed E-state index contributed by atoms with van der Waals surface area (Å²) in [4.78, 5) is 11.7. The molecule has 1 aromatic rings. The quantitative estimate of drug-likeness (QED) is 0.588. The van der Waals surface area contributed by atoms with Crippen molar-refractivity contribution in [2.75, 3.05) is 19.4 Å². The zero-order chi connectivity index (χ0) is 12.0. The van der Waals surface area contributed by atoms with Crippen molar-refractivity contribution < 1.29 is 9.53 Å². The molecule has 1 aromatic carbocycles. The van der Waals surface area contributed by atoms with E-state index in [1.165, 1.54) is 7.11 Å². The van der Waals surface area contributed by atoms with E-state index in [4.69, 9.17) is 10.5 Å². The smallest absolute Gasteiger partial charge is 0.254 e. The van der Waals surface area contributed by atoms with E-state index in [-0.39, 0.29) is 5.91 Å². The zero-order valence-electron chi connectivity index (χ0n) is 9.33. The van der Waals surface area contributed by atoms with E-state index in [9.17, 15) is 4.79 Å². The molecule has 0 atom stereocenters. The summed E-state index contributed by atoms with van der Waals surface area (Å²) in [6.07, 6.45) is 0. The van der Waals surface area contributed by atoms with Gasteiger partial charge in [-0.1, -0.05) is 5.92 Å². The second kappa shape index (κ2) is 5.66. The average molecular weight is 218 g/mol. The molecule has 0 saturated carbocycles. The zero-order valence-corrected chi connectivity index (χ0v) is 9.33. The fraction of sp³-hybridized carbons (Fsp3) is 0.250. The van der Waals surface area contributed by atoms with E-state index >= 15 is 0 Å². The molecule has 16 heavy (non-hydrogen) atoms. The fourth-order valence-corrected chi connectivity index (χ4v) is 1.17. The van der Waals surface area contributed by atoms with E-state index in [2.05, 4.69) is 17.2 Å². The van der Waals surface area contributed by atoms with Crippen LogP contribution in [-0.2, 0) is 0 Å². The van der Waals surface area contributed by atoms with Crippen molar-refractivity contribution in [1.82, 2.24) is 5.32 Å². The molecule has 0 aliphatic heterocycles. The number of ether oxygens (including phenoxy) is 1. The first-order valence-electron chi connectivity index (χ1n) is 4.80. The van der Waals surface area contributed by atoms with Gasteiger partial charge in [0, 0.05) is 5.69 Å². The van der Waals surface area contributed by atoms with Gasteiger partial charge in [0.05, 0.1) is 19.2 Å². The van der Waals surface area contributed by atoms with Gasteiger partial charge < -0.3 is 15.8 Å². The molecule has 0 aliphatic rings. The molecule has 0 saturated heterocycles. The molecule has 0 aliphatic carbocycles. The van der Waals surface area contributed by atoms with Gasteiger partial charge in [-0.05, 0) is 25.1 Å². The minimum atomic E-state index is -0.251. The minimum Gasteiger partial charge on any atom is -0.497 e. The Hall–Kier alpha value is -2.15. The van der Waals surface area contributed by atoms with Gasteiger partial charge in [-0.3, -0.25) is 4.79 Å². The van der Waals surface area contributed by atoms with Crippen molar-refractivity contribution >= 4 is 11.6 Å². The first-order chi connectivity index (χ1) is 7.69. The second-order valence-corrected chi connectivity index (χ2v) is 3.06. The van der Waals surface area contributed by atoms with Crippen molar-refractivity contribution in [2.45, 2.75) is 6.92 Å². The highest BCUT2D eigenvalue weighted by Gasteiger charge is 2.09. The number of amides is 1. The third-order valence-corrected chi connectivity index (χ3v) is 2.02. The Morgan fingerprint density at radius 2 is 2.31 bits per heavy atom. The molecule has 0 unspecified atom stereocenters. The maximum atomic E-state index is 11.7. The molecule has 0 spiro atoms. The van der Waals surface area contributed by atoms with Crippen LogP contribution in [0, 0.1) is 11.8 Å². The molecular formula is C12H14N2O2. The Kier molecular flexibility index (Phi) is 4.22. The Morgan fingerprint density at radius 3 is 2.94 bits per heavy atom. The van der Waals surface area contributed by atoms with Crippen LogP contribution >= 0.6 is 0 Å². The lowest BCUT2D eigenvalue weighted by Crippen LogP contribution is -2.24. The topological polar surface area (TPSA) is 64.3 Å². The molecule has 4 heteroatoms. The number of carbonyl (C=O) groups excluding carboxylic acids is 1. The molecule has 0 fully saturated rings. The summed E-state index contributed by atoms with van der Waals surface area (Å²) in [5.74, 6) is 5.78. The summed E-state index contributed by atoms with van der Waals surface area (Å²) in [6, 6.07) is 4.95. The Morgan fingerprint density at radius 1 is 1.56 bits per heavy atom. The predicted molar refractivity (Wildman–Crippen MR) is 63.2 cm³/mol. The van der Waals surface area contributed by atoms with Crippen LogP contribution in [0.25, 0.3) is 0 Å². The molecule has 4 nitrogen and oxygen atoms in total. The standard InChI is InChI=1S/C12H14N2O2/c1-3-4-7-14-12(15)10-8-9(16-2)5-6-11(10)13/h5-6,8H,7,13H2,1-2H3,(H,14,15). The third kappa shape index (κ3) is 2.92. The van der Waals surface area contributed by atoms with Crippen LogP contribution in [0.1, 0.15) is 17.3 Å². The molecule has 0 aromatic heterocycles. The highest BCUT2D eigenvalue weighted by molar-refractivity contribution is 5.99. The summed E-state index contributed by atoms with van der Waals surface area (Å²) >= 11 is 0. The summed E-state index contributed by atoms with van der Waals surface area (Å²) in [5.41, 5.74) is 6.52. The maximum Gasteiger partial charge on any atom is 0.254 e. The molecule has 0 heterocycles. The molecule has 3 N–H and O–H groups in total. The van der Waals surface area contributed by atoms with Crippen LogP contribution in [0.3, 0.4) is 0 Å². The van der Waals surface area contributed by atoms with Gasteiger partial charge in [0.15, 0.2) is 0 Å². The number of hydrogen-bond donors (Lipinski definition) is 2. The van der Waals surface area contributed by atoms with E-state index in [0.29, 0.717) is 23.5 Å². The summed E-state index contributed by atoms with van der Waals surface area (Å²) in [7, 11) is 1.54. The summed E-state index contributed by atoms with van der Waals surface area (Å²) < 4.78 is 5.02. The Labute approximate surface area is 94.8 Å². The van der Waals surface area contributed by atoms with E-state index in [1.807, 2.05) is 0 Å². The number of nitrogen functional groups attached to an aromatic ring is 1. The summed E-state index contributed by atoms with van der Waals surface area (Å²) in [5, 5.41) is 2.64. The fourth-order valence-electron chi connectivity index (χ4n) is 1.17. The van der Waals surface area contributed by atoms with Crippen molar-refractivity contribution in [2.24, 2.45) is 0 Å². The van der Waals surface area contributed by atoms with Crippen LogP contribution in [-0.4, -0.2) is 19.6 Å². The van der Waals surface area contributed by atoms with Crippen molar-refractivity contribution in [3.05, 3.63) is 23.8 Å². The van der Waals surface area contributed by atoms with Crippen LogP contribution in [0.15, 0.2) is 18.2 Å². The second-order valence-electron chi connectivity index (χ2n) is 3.06. The normalized spacial score (nSPS) is 8.88. The molecule has 0 bridgehead atoms. The number of nitrogens with one attached hydrogen (secondary N) is 1. The highest BCUT2D eigenvalue weighted by atomic mass is 16.5. The van der Waals surface area contributed by atoms with Crippen LogP contribution < -0.4 is 15.8 Å². The SMILES string of the molecule is CC#CCNC(=O)c1cc(OC)ccc1N. The van der Waals surface area contributed by atoms with Crippen LogP contribution in [0.5, 0.6) is 5.75 Å².